The Morgan fingerprint density at radius 1 is 1.23 bits per heavy atom. The molecule has 0 fully saturated rings. The molecule has 0 unspecified atom stereocenters. The Balaban J connectivity index is 1.79. The number of nitrogens with one attached hydrogen (secondary N) is 2. The van der Waals surface area contributed by atoms with Crippen LogP contribution in [0, 0.1) is 18.6 Å². The van der Waals surface area contributed by atoms with Crippen LogP contribution in [0.5, 0.6) is 0 Å². The third-order valence-electron chi connectivity index (χ3n) is 4.67. The molecule has 0 saturated heterocycles. The van der Waals surface area contributed by atoms with E-state index >= 15 is 0 Å². The van der Waals surface area contributed by atoms with Gasteiger partial charge in [0.15, 0.2) is 11.6 Å². The number of nitrogens with zero attached hydrogens (tertiary/aromatic N) is 3. The minimum absolute atomic E-state index is 0.0664. The summed E-state index contributed by atoms with van der Waals surface area (Å²) in [7, 11) is 0. The third-order valence-corrected chi connectivity index (χ3v) is 5.56. The molecule has 0 saturated carbocycles. The molecule has 7 nitrogen and oxygen atoms in total. The fraction of sp³-hybridized carbons (Fsp3) is 0.143. The molecule has 0 spiro atoms. The average molecular weight is 441 g/mol. The molecule has 0 atom stereocenters. The summed E-state index contributed by atoms with van der Waals surface area (Å²) >= 11 is 1.45. The minimum atomic E-state index is -1.13. The number of benzene rings is 1. The number of rotatable bonds is 5. The number of aryl methyl sites for hydroxylation is 1. The lowest BCUT2D eigenvalue weighted by Crippen LogP contribution is -2.22. The minimum Gasteiger partial charge on any atom is -0.306 e. The summed E-state index contributed by atoms with van der Waals surface area (Å²) in [5, 5.41) is 9.00. The number of H-pyrrole nitrogens is 1. The van der Waals surface area contributed by atoms with Gasteiger partial charge in [-0.2, -0.15) is 9.78 Å². The molecule has 0 radical (unpaired) electrons. The van der Waals surface area contributed by atoms with Gasteiger partial charge in [0.1, 0.15) is 11.5 Å². The number of aromatic nitrogens is 4. The lowest BCUT2D eigenvalue weighted by Gasteiger charge is -2.10. The summed E-state index contributed by atoms with van der Waals surface area (Å²) < 4.78 is 28.1. The predicted octanol–water partition coefficient (Wildman–Crippen LogP) is 4.09. The van der Waals surface area contributed by atoms with Crippen LogP contribution in [0.4, 0.5) is 14.6 Å². The van der Waals surface area contributed by atoms with E-state index in [1.54, 1.807) is 13.0 Å². The second-order valence-corrected chi connectivity index (χ2v) is 7.64. The SMILES string of the molecule is CCc1c(C)nc(-n2nc(-c3cccs3)cc2NC(=O)c2ccc(F)c(F)c2)[nH]c1=O. The van der Waals surface area contributed by atoms with E-state index in [0.717, 1.165) is 17.0 Å². The zero-order valence-corrected chi connectivity index (χ0v) is 17.4. The van der Waals surface area contributed by atoms with Gasteiger partial charge in [-0.1, -0.05) is 13.0 Å². The van der Waals surface area contributed by atoms with Gasteiger partial charge in [0.2, 0.25) is 5.95 Å². The van der Waals surface area contributed by atoms with E-state index in [9.17, 15) is 18.4 Å². The Labute approximate surface area is 179 Å². The maximum absolute atomic E-state index is 13.6. The molecule has 10 heteroatoms. The monoisotopic (exact) mass is 441 g/mol. The van der Waals surface area contributed by atoms with Crippen LogP contribution in [-0.4, -0.2) is 25.7 Å². The number of carbonyl (C=O) groups excluding carboxylic acids is 1. The second kappa shape index (κ2) is 8.23. The first-order valence-electron chi connectivity index (χ1n) is 9.38. The summed E-state index contributed by atoms with van der Waals surface area (Å²) in [6.45, 7) is 3.58. The molecular formula is C21H17F2N5O2S. The average Bonchev–Trinajstić information content (AvgIpc) is 3.39. The lowest BCUT2D eigenvalue weighted by atomic mass is 10.2. The lowest BCUT2D eigenvalue weighted by molar-refractivity contribution is 0.102. The molecule has 1 aromatic carbocycles. The van der Waals surface area contributed by atoms with Crippen molar-refractivity contribution in [2.75, 3.05) is 5.32 Å². The topological polar surface area (TPSA) is 92.7 Å². The Morgan fingerprint density at radius 2 is 2.03 bits per heavy atom. The van der Waals surface area contributed by atoms with Crippen molar-refractivity contribution in [3.05, 3.63) is 80.6 Å². The van der Waals surface area contributed by atoms with Crippen LogP contribution in [0.3, 0.4) is 0 Å². The van der Waals surface area contributed by atoms with E-state index in [1.165, 1.54) is 22.1 Å². The molecule has 0 aliphatic rings. The van der Waals surface area contributed by atoms with E-state index in [4.69, 9.17) is 0 Å². The van der Waals surface area contributed by atoms with E-state index in [0.29, 0.717) is 23.4 Å². The first-order valence-corrected chi connectivity index (χ1v) is 10.3. The van der Waals surface area contributed by atoms with Gasteiger partial charge in [0, 0.05) is 22.9 Å². The molecule has 3 aromatic heterocycles. The molecule has 4 rings (SSSR count). The van der Waals surface area contributed by atoms with Crippen molar-refractivity contribution in [2.45, 2.75) is 20.3 Å². The van der Waals surface area contributed by atoms with Gasteiger partial charge in [0.25, 0.3) is 11.5 Å². The van der Waals surface area contributed by atoms with Gasteiger partial charge in [-0.05, 0) is 43.0 Å². The fourth-order valence-electron chi connectivity index (χ4n) is 3.11. The van der Waals surface area contributed by atoms with Crippen molar-refractivity contribution in [1.82, 2.24) is 19.7 Å². The normalized spacial score (nSPS) is 11.0. The number of hydrogen-bond donors (Lipinski definition) is 2. The van der Waals surface area contributed by atoms with Crippen LogP contribution < -0.4 is 10.9 Å². The van der Waals surface area contributed by atoms with E-state index in [2.05, 4.69) is 20.4 Å². The standard InChI is InChI=1S/C21H17F2N5O2S/c1-3-13-11(2)24-21(26-20(13)30)28-18(10-16(27-28)17-5-4-8-31-17)25-19(29)12-6-7-14(22)15(23)9-12/h4-10H,3H2,1-2H3,(H,25,29)(H,24,26,30). The number of aromatic amines is 1. The predicted molar refractivity (Wildman–Crippen MR) is 114 cm³/mol. The molecule has 4 aromatic rings. The molecule has 0 aliphatic carbocycles. The van der Waals surface area contributed by atoms with E-state index in [1.807, 2.05) is 24.4 Å². The molecule has 158 valence electrons. The zero-order valence-electron chi connectivity index (χ0n) is 16.6. The largest absolute Gasteiger partial charge is 0.306 e. The van der Waals surface area contributed by atoms with Crippen molar-refractivity contribution >= 4 is 23.1 Å². The molecule has 2 N–H and O–H groups in total. The number of thiophene rings is 1. The maximum atomic E-state index is 13.6. The highest BCUT2D eigenvalue weighted by molar-refractivity contribution is 7.13. The van der Waals surface area contributed by atoms with Crippen LogP contribution in [-0.2, 0) is 6.42 Å². The summed E-state index contributed by atoms with van der Waals surface area (Å²) in [5.41, 5.74) is 1.30. The first kappa shape index (κ1) is 20.6. The fourth-order valence-corrected chi connectivity index (χ4v) is 3.80. The van der Waals surface area contributed by atoms with Gasteiger partial charge in [-0.25, -0.2) is 13.8 Å². The summed E-state index contributed by atoms with van der Waals surface area (Å²) in [6, 6.07) is 8.21. The smallest absolute Gasteiger partial charge is 0.256 e. The van der Waals surface area contributed by atoms with E-state index in [-0.39, 0.29) is 22.9 Å². The number of amides is 1. The van der Waals surface area contributed by atoms with Crippen molar-refractivity contribution in [3.63, 3.8) is 0 Å². The molecule has 0 aliphatic heterocycles. The highest BCUT2D eigenvalue weighted by Gasteiger charge is 2.18. The van der Waals surface area contributed by atoms with Crippen LogP contribution in [0.15, 0.2) is 46.6 Å². The highest BCUT2D eigenvalue weighted by atomic mass is 32.1. The van der Waals surface area contributed by atoms with Crippen LogP contribution in [0.1, 0.15) is 28.5 Å². The van der Waals surface area contributed by atoms with Crippen molar-refractivity contribution in [2.24, 2.45) is 0 Å². The van der Waals surface area contributed by atoms with Crippen molar-refractivity contribution in [1.29, 1.82) is 0 Å². The zero-order chi connectivity index (χ0) is 22.1. The Kier molecular flexibility index (Phi) is 5.47. The Bertz CT molecular complexity index is 1330. The molecular weight excluding hydrogens is 424 g/mol. The molecule has 31 heavy (non-hydrogen) atoms. The van der Waals surface area contributed by atoms with Crippen LogP contribution >= 0.6 is 11.3 Å². The first-order chi connectivity index (χ1) is 14.9. The Hall–Kier alpha value is -3.66. The molecule has 0 bridgehead atoms. The third kappa shape index (κ3) is 4.02. The number of anilines is 1. The number of carbonyl (C=O) groups is 1. The molecule has 3 heterocycles. The van der Waals surface area contributed by atoms with Gasteiger partial charge in [-0.15, -0.1) is 11.3 Å². The van der Waals surface area contributed by atoms with Gasteiger partial charge >= 0.3 is 0 Å². The molecule has 1 amide bonds. The van der Waals surface area contributed by atoms with Crippen LogP contribution in [0.25, 0.3) is 16.5 Å². The quantitative estimate of drug-likeness (QED) is 0.488. The van der Waals surface area contributed by atoms with Gasteiger partial charge in [0.05, 0.1) is 4.88 Å². The number of hydrogen-bond acceptors (Lipinski definition) is 5. The van der Waals surface area contributed by atoms with Gasteiger partial charge < -0.3 is 5.32 Å². The Morgan fingerprint density at radius 3 is 2.68 bits per heavy atom. The number of halogens is 2. The highest BCUT2D eigenvalue weighted by Crippen LogP contribution is 2.27. The summed E-state index contributed by atoms with van der Waals surface area (Å²) in [5.74, 6) is -2.50. The summed E-state index contributed by atoms with van der Waals surface area (Å²) in [4.78, 5) is 33.0. The van der Waals surface area contributed by atoms with Gasteiger partial charge in [-0.3, -0.25) is 14.6 Å². The van der Waals surface area contributed by atoms with Crippen molar-refractivity contribution < 1.29 is 13.6 Å². The van der Waals surface area contributed by atoms with Crippen molar-refractivity contribution in [3.8, 4) is 16.5 Å². The van der Waals surface area contributed by atoms with E-state index < -0.39 is 17.5 Å². The second-order valence-electron chi connectivity index (χ2n) is 6.69. The van der Waals surface area contributed by atoms with Crippen LogP contribution in [0.2, 0.25) is 0 Å². The summed E-state index contributed by atoms with van der Waals surface area (Å²) in [6.07, 6.45) is 0.522. The maximum Gasteiger partial charge on any atom is 0.256 e.